The van der Waals surface area contributed by atoms with Crippen molar-refractivity contribution in [1.82, 2.24) is 0 Å². The summed E-state index contributed by atoms with van der Waals surface area (Å²) in [7, 11) is 0. The van der Waals surface area contributed by atoms with Crippen molar-refractivity contribution in [2.24, 2.45) is 5.92 Å². The molecule has 7 aromatic rings. The summed E-state index contributed by atoms with van der Waals surface area (Å²) >= 11 is 0. The summed E-state index contributed by atoms with van der Waals surface area (Å²) in [5, 5.41) is 0. The first-order valence-electron chi connectivity index (χ1n) is 25.0. The molecule has 9 unspecified atom stereocenters. The van der Waals surface area contributed by atoms with E-state index in [1.54, 1.807) is 0 Å². The van der Waals surface area contributed by atoms with Crippen LogP contribution in [0.3, 0.4) is 0 Å². The number of hydrogen-bond donors (Lipinski definition) is 0. The summed E-state index contributed by atoms with van der Waals surface area (Å²) in [6, 6.07) is 70.1. The molecule has 9 atom stereocenters. The molecule has 7 aromatic carbocycles. The SMILES string of the molecule is O=C1OC(COCc2ccccc2)C(CC2OC(COCc3ccccc3)C(OCc3ccccc3)C(OCc3ccccc3)C2OCc2ccccc2)C(OCc2ccccc2)C1OCc1ccccc1. The third kappa shape index (κ3) is 14.7. The summed E-state index contributed by atoms with van der Waals surface area (Å²) in [5.74, 6) is -1.03. The molecule has 0 amide bonds. The Balaban J connectivity index is 1.10. The molecule has 0 saturated carbocycles. The molecule has 2 aliphatic heterocycles. The lowest BCUT2D eigenvalue weighted by atomic mass is 9.81. The average molecular weight is 969 g/mol. The van der Waals surface area contributed by atoms with Crippen LogP contribution in [0.4, 0.5) is 0 Å². The Morgan fingerprint density at radius 2 is 0.625 bits per heavy atom. The van der Waals surface area contributed by atoms with Gasteiger partial charge in [-0.05, 0) is 45.4 Å². The number of benzene rings is 7. The number of carbonyl (C=O) groups is 1. The first-order valence-corrected chi connectivity index (χ1v) is 25.0. The molecule has 2 aliphatic rings. The van der Waals surface area contributed by atoms with E-state index in [1.165, 1.54) is 0 Å². The third-order valence-corrected chi connectivity index (χ3v) is 13.1. The van der Waals surface area contributed by atoms with E-state index in [1.807, 2.05) is 200 Å². The van der Waals surface area contributed by atoms with Gasteiger partial charge < -0.3 is 42.6 Å². The van der Waals surface area contributed by atoms with Crippen LogP contribution in [0, 0.1) is 5.92 Å². The zero-order valence-electron chi connectivity index (χ0n) is 40.6. The third-order valence-electron chi connectivity index (χ3n) is 13.1. The fourth-order valence-electron chi connectivity index (χ4n) is 9.43. The molecule has 0 radical (unpaired) electrons. The highest BCUT2D eigenvalue weighted by Crippen LogP contribution is 2.39. The van der Waals surface area contributed by atoms with Crippen molar-refractivity contribution in [3.63, 3.8) is 0 Å². The molecule has 2 heterocycles. The highest BCUT2D eigenvalue weighted by atomic mass is 16.6. The minimum absolute atomic E-state index is 0.102. The van der Waals surface area contributed by atoms with Crippen LogP contribution in [0.15, 0.2) is 212 Å². The van der Waals surface area contributed by atoms with Crippen LogP contribution in [0.1, 0.15) is 45.4 Å². The van der Waals surface area contributed by atoms with Crippen molar-refractivity contribution >= 4 is 5.97 Å². The second kappa shape index (κ2) is 26.9. The maximum atomic E-state index is 14.4. The second-order valence-electron chi connectivity index (χ2n) is 18.4. The molecule has 372 valence electrons. The molecule has 0 N–H and O–H groups in total. The van der Waals surface area contributed by atoms with E-state index in [9.17, 15) is 4.79 Å². The van der Waals surface area contributed by atoms with Gasteiger partial charge in [-0.15, -0.1) is 0 Å². The summed E-state index contributed by atoms with van der Waals surface area (Å²) in [6.07, 6.45) is -5.57. The first kappa shape index (κ1) is 50.6. The smallest absolute Gasteiger partial charge is 0.338 e. The van der Waals surface area contributed by atoms with Crippen LogP contribution in [0.5, 0.6) is 0 Å². The van der Waals surface area contributed by atoms with Crippen molar-refractivity contribution < 1.29 is 47.4 Å². The lowest BCUT2D eigenvalue weighted by Gasteiger charge is -2.49. The van der Waals surface area contributed by atoms with Crippen LogP contribution >= 0.6 is 0 Å². The molecular formula is C62H64O10. The predicted octanol–water partition coefficient (Wildman–Crippen LogP) is 11.0. The molecule has 2 fully saturated rings. The lowest BCUT2D eigenvalue weighted by Crippen LogP contribution is -2.63. The average Bonchev–Trinajstić information content (AvgIpc) is 3.43. The van der Waals surface area contributed by atoms with Crippen molar-refractivity contribution in [2.45, 2.75) is 102 Å². The Kier molecular flexibility index (Phi) is 18.9. The number of rotatable bonds is 25. The zero-order valence-corrected chi connectivity index (χ0v) is 40.6. The quantitative estimate of drug-likeness (QED) is 0.0515. The van der Waals surface area contributed by atoms with Crippen molar-refractivity contribution in [3.05, 3.63) is 251 Å². The number of cyclic esters (lactones) is 1. The van der Waals surface area contributed by atoms with E-state index < -0.39 is 60.7 Å². The molecule has 0 aliphatic carbocycles. The second-order valence-corrected chi connectivity index (χ2v) is 18.4. The minimum atomic E-state index is -1.08. The first-order chi connectivity index (χ1) is 35.6. The molecule has 0 bridgehead atoms. The lowest BCUT2D eigenvalue weighted by molar-refractivity contribution is -0.281. The van der Waals surface area contributed by atoms with Gasteiger partial charge in [-0.1, -0.05) is 212 Å². The van der Waals surface area contributed by atoms with Gasteiger partial charge in [0, 0.05) is 5.92 Å². The molecule has 0 aromatic heterocycles. The Morgan fingerprint density at radius 3 is 1.01 bits per heavy atom. The highest BCUT2D eigenvalue weighted by molar-refractivity contribution is 5.76. The van der Waals surface area contributed by atoms with Gasteiger partial charge in [0.1, 0.15) is 36.6 Å². The van der Waals surface area contributed by atoms with E-state index in [4.69, 9.17) is 42.6 Å². The monoisotopic (exact) mass is 968 g/mol. The molecule has 9 rings (SSSR count). The van der Waals surface area contributed by atoms with Gasteiger partial charge in [0.05, 0.1) is 65.6 Å². The van der Waals surface area contributed by atoms with Crippen LogP contribution in [-0.4, -0.2) is 68.0 Å². The number of hydrogen-bond acceptors (Lipinski definition) is 10. The van der Waals surface area contributed by atoms with Crippen molar-refractivity contribution in [3.8, 4) is 0 Å². The standard InChI is InChI=1S/C62H64O10/c63-62-61(70-43-52-34-20-7-21-35-52)57(66-39-48-26-12-3-13-27-48)53(55(72-62)44-64-37-46-22-8-1-9-23-46)36-54-58(67-40-49-28-14-4-15-29-49)60(69-42-51-32-18-6-19-33-51)59(68-41-50-30-16-5-17-31-50)56(71-54)45-65-38-47-24-10-2-11-25-47/h1-35,53-61H,36-45H2. The molecule has 0 spiro atoms. The van der Waals surface area contributed by atoms with E-state index in [0.29, 0.717) is 32.8 Å². The van der Waals surface area contributed by atoms with Gasteiger partial charge in [-0.3, -0.25) is 0 Å². The van der Waals surface area contributed by atoms with Gasteiger partial charge in [0.25, 0.3) is 0 Å². The topological polar surface area (TPSA) is 100 Å². The molecule has 72 heavy (non-hydrogen) atoms. The number of carbonyl (C=O) groups excluding carboxylic acids is 1. The zero-order chi connectivity index (χ0) is 49.0. The van der Waals surface area contributed by atoms with Crippen LogP contribution in [0.2, 0.25) is 0 Å². The maximum Gasteiger partial charge on any atom is 0.338 e. The van der Waals surface area contributed by atoms with E-state index in [0.717, 1.165) is 38.9 Å². The van der Waals surface area contributed by atoms with E-state index >= 15 is 0 Å². The maximum absolute atomic E-state index is 14.4. The molecule has 2 saturated heterocycles. The van der Waals surface area contributed by atoms with E-state index in [-0.39, 0.29) is 33.0 Å². The van der Waals surface area contributed by atoms with Gasteiger partial charge in [-0.2, -0.15) is 0 Å². The van der Waals surface area contributed by atoms with Gasteiger partial charge in [0.2, 0.25) is 0 Å². The summed E-state index contributed by atoms with van der Waals surface area (Å²) in [5.41, 5.74) is 6.91. The Hall–Kier alpha value is -6.31. The normalized spacial score (nSPS) is 23.1. The van der Waals surface area contributed by atoms with Crippen molar-refractivity contribution in [1.29, 1.82) is 0 Å². The number of esters is 1. The molecule has 10 nitrogen and oxygen atoms in total. The van der Waals surface area contributed by atoms with Crippen molar-refractivity contribution in [2.75, 3.05) is 13.2 Å². The largest absolute Gasteiger partial charge is 0.458 e. The summed E-state index contributed by atoms with van der Waals surface area (Å²) < 4.78 is 61.7. The predicted molar refractivity (Wildman–Crippen MR) is 274 cm³/mol. The van der Waals surface area contributed by atoms with Gasteiger partial charge in [0.15, 0.2) is 6.10 Å². The summed E-state index contributed by atoms with van der Waals surface area (Å²) in [6.45, 7) is 2.27. The minimum Gasteiger partial charge on any atom is -0.458 e. The molecular weight excluding hydrogens is 905 g/mol. The Morgan fingerprint density at radius 1 is 0.319 bits per heavy atom. The molecule has 10 heteroatoms. The fraction of sp³-hybridized carbons (Fsp3) is 0.306. The number of ether oxygens (including phenoxy) is 9. The van der Waals surface area contributed by atoms with E-state index in [2.05, 4.69) is 12.1 Å². The van der Waals surface area contributed by atoms with Crippen LogP contribution < -0.4 is 0 Å². The Bertz CT molecular complexity index is 2590. The van der Waals surface area contributed by atoms with Gasteiger partial charge >= 0.3 is 5.97 Å². The summed E-state index contributed by atoms with van der Waals surface area (Å²) in [4.78, 5) is 14.4. The highest BCUT2D eigenvalue weighted by Gasteiger charge is 2.54. The van der Waals surface area contributed by atoms with Crippen LogP contribution in [-0.2, 0) is 93.7 Å². The van der Waals surface area contributed by atoms with Crippen LogP contribution in [0.25, 0.3) is 0 Å². The fourth-order valence-corrected chi connectivity index (χ4v) is 9.43. The van der Waals surface area contributed by atoms with Gasteiger partial charge in [-0.25, -0.2) is 4.79 Å². The Labute approximate surface area is 423 Å².